The number of nitrogens with one attached hydrogen (secondary N) is 3. The molecule has 0 bridgehead atoms. The summed E-state index contributed by atoms with van der Waals surface area (Å²) in [4.78, 5) is 53.0. The third kappa shape index (κ3) is 8.74. The fraction of sp³-hybridized carbons (Fsp3) is 0.139. The number of carbonyl (C=O) groups is 4. The number of methoxy groups -OCH3 is 1. The third-order valence-corrected chi connectivity index (χ3v) is 8.39. The van der Waals surface area contributed by atoms with E-state index in [0.29, 0.717) is 34.7 Å². The van der Waals surface area contributed by atoms with Crippen molar-refractivity contribution >= 4 is 58.7 Å². The van der Waals surface area contributed by atoms with Crippen LogP contribution >= 0.6 is 11.8 Å². The van der Waals surface area contributed by atoms with Crippen molar-refractivity contribution in [3.63, 3.8) is 0 Å². The van der Waals surface area contributed by atoms with Crippen molar-refractivity contribution in [1.82, 2.24) is 10.6 Å². The molecular weight excluding hydrogens is 614 g/mol. The summed E-state index contributed by atoms with van der Waals surface area (Å²) in [5.41, 5.74) is 2.25. The van der Waals surface area contributed by atoms with Gasteiger partial charge in [-0.25, -0.2) is 0 Å². The van der Waals surface area contributed by atoms with Crippen LogP contribution < -0.4 is 25.7 Å². The largest absolute Gasteiger partial charge is 0.497 e. The number of carbonyl (C=O) groups excluding carboxylic acids is 4. The van der Waals surface area contributed by atoms with Crippen molar-refractivity contribution in [2.24, 2.45) is 5.10 Å². The van der Waals surface area contributed by atoms with Crippen LogP contribution in [-0.4, -0.2) is 41.8 Å². The van der Waals surface area contributed by atoms with Gasteiger partial charge in [-0.05, 0) is 72.7 Å². The average molecular weight is 648 g/mol. The Morgan fingerprint density at radius 1 is 0.915 bits per heavy atom. The zero-order valence-electron chi connectivity index (χ0n) is 25.8. The topological polar surface area (TPSA) is 129 Å². The van der Waals surface area contributed by atoms with Crippen molar-refractivity contribution < 1.29 is 23.9 Å². The average Bonchev–Trinajstić information content (AvgIpc) is 3.47. The predicted molar refractivity (Wildman–Crippen MR) is 184 cm³/mol. The molecule has 1 atom stereocenters. The number of amidine groups is 1. The smallest absolute Gasteiger partial charge is 0.272 e. The van der Waals surface area contributed by atoms with Gasteiger partial charge in [0.15, 0.2) is 0 Å². The lowest BCUT2D eigenvalue weighted by molar-refractivity contribution is -0.119. The van der Waals surface area contributed by atoms with E-state index in [1.54, 1.807) is 98.1 Å². The van der Waals surface area contributed by atoms with Crippen LogP contribution in [0.3, 0.4) is 0 Å². The Hall–Kier alpha value is -5.68. The van der Waals surface area contributed by atoms with Gasteiger partial charge in [-0.2, -0.15) is 10.1 Å². The Morgan fingerprint density at radius 3 is 2.30 bits per heavy atom. The van der Waals surface area contributed by atoms with Crippen LogP contribution in [0.2, 0.25) is 0 Å². The Labute approximate surface area is 276 Å². The standard InChI is InChI=1S/C36H33N5O5S/c1-3-31(36(45)39-32-23-33(42)41(40-32)27-14-8-5-9-15-27)47-29-16-10-13-26(22-29)37-35(44)30(21-24-17-19-28(46-2)20-18-24)38-34(43)25-11-6-4-7-12-25/h4-22,31H,3,23H2,1-2H3,(H,37,44)(H,38,43)(H,39,40,45)/b30-21+. The lowest BCUT2D eigenvalue weighted by Crippen LogP contribution is -2.36. The molecule has 1 aliphatic rings. The maximum Gasteiger partial charge on any atom is 0.272 e. The molecule has 0 spiro atoms. The van der Waals surface area contributed by atoms with Crippen molar-refractivity contribution in [3.05, 3.63) is 126 Å². The van der Waals surface area contributed by atoms with Gasteiger partial charge >= 0.3 is 0 Å². The molecule has 238 valence electrons. The number of nitrogens with zero attached hydrogens (tertiary/aromatic N) is 2. The zero-order valence-corrected chi connectivity index (χ0v) is 26.6. The van der Waals surface area contributed by atoms with Gasteiger partial charge in [-0.1, -0.05) is 61.5 Å². The summed E-state index contributed by atoms with van der Waals surface area (Å²) in [5, 5.41) is 13.5. The molecule has 1 aliphatic heterocycles. The molecule has 0 aliphatic carbocycles. The van der Waals surface area contributed by atoms with Crippen molar-refractivity contribution in [2.75, 3.05) is 17.4 Å². The molecule has 1 unspecified atom stereocenters. The summed E-state index contributed by atoms with van der Waals surface area (Å²) in [6.07, 6.45) is 2.09. The Kier molecular flexibility index (Phi) is 10.8. The van der Waals surface area contributed by atoms with Crippen molar-refractivity contribution in [2.45, 2.75) is 29.9 Å². The number of thioether (sulfide) groups is 1. The first-order valence-electron chi connectivity index (χ1n) is 14.9. The number of amides is 4. The molecule has 0 radical (unpaired) electrons. The molecule has 1 heterocycles. The molecule has 0 fully saturated rings. The quantitative estimate of drug-likeness (QED) is 0.139. The molecule has 11 heteroatoms. The van der Waals surface area contributed by atoms with Crippen molar-refractivity contribution in [3.8, 4) is 5.75 Å². The highest BCUT2D eigenvalue weighted by Crippen LogP contribution is 2.28. The lowest BCUT2D eigenvalue weighted by Gasteiger charge is -2.15. The van der Waals surface area contributed by atoms with Gasteiger partial charge in [0.05, 0.1) is 24.5 Å². The van der Waals surface area contributed by atoms with Gasteiger partial charge in [0.25, 0.3) is 17.7 Å². The van der Waals surface area contributed by atoms with Crippen LogP contribution in [0.15, 0.2) is 125 Å². The van der Waals surface area contributed by atoms with E-state index in [4.69, 9.17) is 4.74 Å². The second-order valence-corrected chi connectivity index (χ2v) is 11.7. The predicted octanol–water partition coefficient (Wildman–Crippen LogP) is 5.84. The minimum atomic E-state index is -0.524. The molecular formula is C36H33N5O5S. The van der Waals surface area contributed by atoms with Crippen LogP contribution in [0.25, 0.3) is 6.08 Å². The van der Waals surface area contributed by atoms with E-state index in [9.17, 15) is 19.2 Å². The normalized spacial score (nSPS) is 13.4. The molecule has 0 aromatic heterocycles. The highest BCUT2D eigenvalue weighted by Gasteiger charge is 2.28. The SMILES string of the molecule is CCC(Sc1cccc(NC(=O)/C(=C\c2ccc(OC)cc2)NC(=O)c2ccccc2)c1)C(=O)NC1=NN(c2ccccc2)C(=O)C1. The minimum Gasteiger partial charge on any atom is -0.497 e. The zero-order chi connectivity index (χ0) is 33.2. The van der Waals surface area contributed by atoms with E-state index in [0.717, 1.165) is 4.90 Å². The molecule has 0 saturated carbocycles. The van der Waals surface area contributed by atoms with E-state index in [1.165, 1.54) is 16.8 Å². The van der Waals surface area contributed by atoms with E-state index in [2.05, 4.69) is 21.1 Å². The van der Waals surface area contributed by atoms with Crippen LogP contribution in [0.4, 0.5) is 11.4 Å². The molecule has 0 saturated heterocycles. The summed E-state index contributed by atoms with van der Waals surface area (Å²) < 4.78 is 5.22. The number of hydrazone groups is 1. The summed E-state index contributed by atoms with van der Waals surface area (Å²) >= 11 is 1.33. The highest BCUT2D eigenvalue weighted by molar-refractivity contribution is 8.00. The van der Waals surface area contributed by atoms with E-state index in [1.807, 2.05) is 31.2 Å². The Balaban J connectivity index is 1.27. The number of hydrogen-bond donors (Lipinski definition) is 3. The molecule has 5 rings (SSSR count). The summed E-state index contributed by atoms with van der Waals surface area (Å²) in [6.45, 7) is 1.90. The number of hydrogen-bond acceptors (Lipinski definition) is 7. The Bertz CT molecular complexity index is 1810. The molecule has 3 N–H and O–H groups in total. The van der Waals surface area contributed by atoms with Gasteiger partial charge in [-0.3, -0.25) is 19.2 Å². The number of para-hydroxylation sites is 1. The van der Waals surface area contributed by atoms with Crippen LogP contribution in [0.5, 0.6) is 5.75 Å². The molecule has 4 amide bonds. The fourth-order valence-electron chi connectivity index (χ4n) is 4.63. The van der Waals surface area contributed by atoms with Crippen LogP contribution in [-0.2, 0) is 14.4 Å². The summed E-state index contributed by atoms with van der Waals surface area (Å²) in [6, 6.07) is 31.8. The lowest BCUT2D eigenvalue weighted by atomic mass is 10.1. The maximum absolute atomic E-state index is 13.5. The number of rotatable bonds is 11. The summed E-state index contributed by atoms with van der Waals surface area (Å²) in [5.74, 6) is -0.505. The fourth-order valence-corrected chi connectivity index (χ4v) is 5.65. The summed E-state index contributed by atoms with van der Waals surface area (Å²) in [7, 11) is 1.57. The first-order valence-corrected chi connectivity index (χ1v) is 15.8. The van der Waals surface area contributed by atoms with E-state index < -0.39 is 17.1 Å². The first-order chi connectivity index (χ1) is 22.8. The molecule has 4 aromatic carbocycles. The number of anilines is 2. The second kappa shape index (κ2) is 15.5. The van der Waals surface area contributed by atoms with Crippen LogP contribution in [0.1, 0.15) is 35.7 Å². The van der Waals surface area contributed by atoms with E-state index >= 15 is 0 Å². The van der Waals surface area contributed by atoms with Gasteiger partial charge < -0.3 is 20.7 Å². The maximum atomic E-state index is 13.5. The first kappa shape index (κ1) is 32.7. The second-order valence-electron chi connectivity index (χ2n) is 10.4. The minimum absolute atomic E-state index is 0.00353. The number of ether oxygens (including phenoxy) is 1. The van der Waals surface area contributed by atoms with Gasteiger partial charge in [-0.15, -0.1) is 11.8 Å². The number of benzene rings is 4. The third-order valence-electron chi connectivity index (χ3n) is 7.03. The van der Waals surface area contributed by atoms with E-state index in [-0.39, 0.29) is 29.8 Å². The van der Waals surface area contributed by atoms with Crippen LogP contribution in [0, 0.1) is 0 Å². The van der Waals surface area contributed by atoms with Gasteiger partial charge in [0.2, 0.25) is 5.91 Å². The van der Waals surface area contributed by atoms with Gasteiger partial charge in [0.1, 0.15) is 17.3 Å². The van der Waals surface area contributed by atoms with Crippen molar-refractivity contribution in [1.29, 1.82) is 0 Å². The molecule has 4 aromatic rings. The van der Waals surface area contributed by atoms with Gasteiger partial charge in [0, 0.05) is 16.1 Å². The molecule has 47 heavy (non-hydrogen) atoms. The molecule has 10 nitrogen and oxygen atoms in total. The monoisotopic (exact) mass is 647 g/mol. The Morgan fingerprint density at radius 2 is 1.62 bits per heavy atom. The highest BCUT2D eigenvalue weighted by atomic mass is 32.2.